The highest BCUT2D eigenvalue weighted by molar-refractivity contribution is 5.96. The van der Waals surface area contributed by atoms with E-state index < -0.39 is 0 Å². The molecule has 2 aromatic carbocycles. The van der Waals surface area contributed by atoms with E-state index in [1.165, 1.54) is 0 Å². The quantitative estimate of drug-likeness (QED) is 0.825. The van der Waals surface area contributed by atoms with Crippen LogP contribution in [-0.2, 0) is 4.74 Å². The maximum absolute atomic E-state index is 6.04. The summed E-state index contributed by atoms with van der Waals surface area (Å²) in [6, 6.07) is 11.9. The van der Waals surface area contributed by atoms with Gasteiger partial charge >= 0.3 is 0 Å². The lowest BCUT2D eigenvalue weighted by atomic mass is 10.1. The van der Waals surface area contributed by atoms with Crippen LogP contribution < -0.4 is 10.5 Å². The fourth-order valence-corrected chi connectivity index (χ4v) is 2.38. The number of fused-ring (bicyclic) bond motifs is 1. The van der Waals surface area contributed by atoms with Crippen LogP contribution in [0.3, 0.4) is 0 Å². The third-order valence-electron chi connectivity index (χ3n) is 3.33. The fraction of sp³-hybridized carbons (Fsp3) is 0.333. The topological polar surface area (TPSA) is 44.5 Å². The van der Waals surface area contributed by atoms with Gasteiger partial charge in [0.1, 0.15) is 11.9 Å². The van der Waals surface area contributed by atoms with Crippen molar-refractivity contribution >= 4 is 16.5 Å². The molecule has 18 heavy (non-hydrogen) atoms. The van der Waals surface area contributed by atoms with Gasteiger partial charge in [0.15, 0.2) is 0 Å². The molecule has 0 amide bonds. The first-order chi connectivity index (χ1) is 8.84. The molecule has 94 valence electrons. The molecular weight excluding hydrogens is 226 g/mol. The van der Waals surface area contributed by atoms with E-state index >= 15 is 0 Å². The molecule has 0 aromatic heterocycles. The third kappa shape index (κ3) is 2.14. The zero-order valence-electron chi connectivity index (χ0n) is 10.3. The van der Waals surface area contributed by atoms with E-state index in [1.807, 2.05) is 36.4 Å². The van der Waals surface area contributed by atoms with Crippen LogP contribution in [0.4, 0.5) is 5.69 Å². The lowest BCUT2D eigenvalue weighted by Crippen LogP contribution is -2.28. The zero-order valence-corrected chi connectivity index (χ0v) is 10.3. The second kappa shape index (κ2) is 4.86. The molecule has 3 heteroatoms. The second-order valence-corrected chi connectivity index (χ2v) is 4.66. The lowest BCUT2D eigenvalue weighted by molar-refractivity contribution is 0.00809. The number of anilines is 1. The van der Waals surface area contributed by atoms with Gasteiger partial charge in [0.2, 0.25) is 0 Å². The summed E-state index contributed by atoms with van der Waals surface area (Å²) in [6.07, 6.45) is 2.28. The van der Waals surface area contributed by atoms with E-state index in [1.54, 1.807) is 0 Å². The van der Waals surface area contributed by atoms with Crippen molar-refractivity contribution < 1.29 is 9.47 Å². The normalized spacial score (nSPS) is 19.9. The minimum atomic E-state index is 0.158. The van der Waals surface area contributed by atoms with Gasteiger partial charge in [0, 0.05) is 23.1 Å². The van der Waals surface area contributed by atoms with Crippen molar-refractivity contribution in [3.8, 4) is 5.75 Å². The standard InChI is InChI=1S/C15H17NO2/c16-14-7-8-15(13-6-2-1-5-12(13)14)18-11-4-3-9-17-10-11/h1-2,5-8,11H,3-4,9-10,16H2. The number of ether oxygens (including phenoxy) is 2. The summed E-state index contributed by atoms with van der Waals surface area (Å²) in [4.78, 5) is 0. The molecule has 0 bridgehead atoms. The van der Waals surface area contributed by atoms with Gasteiger partial charge in [-0.3, -0.25) is 0 Å². The summed E-state index contributed by atoms with van der Waals surface area (Å²) in [6.45, 7) is 1.53. The van der Waals surface area contributed by atoms with Crippen LogP contribution in [-0.4, -0.2) is 19.3 Å². The maximum atomic E-state index is 6.04. The number of nitrogen functional groups attached to an aromatic ring is 1. The average molecular weight is 243 g/mol. The molecule has 1 fully saturated rings. The van der Waals surface area contributed by atoms with Crippen LogP contribution in [0.25, 0.3) is 10.8 Å². The first-order valence-corrected chi connectivity index (χ1v) is 6.36. The predicted molar refractivity (Wildman–Crippen MR) is 72.8 cm³/mol. The van der Waals surface area contributed by atoms with Gasteiger partial charge in [-0.05, 0) is 25.0 Å². The third-order valence-corrected chi connectivity index (χ3v) is 3.33. The molecule has 1 atom stereocenters. The first-order valence-electron chi connectivity index (χ1n) is 6.36. The Morgan fingerprint density at radius 2 is 1.94 bits per heavy atom. The highest BCUT2D eigenvalue weighted by Gasteiger charge is 2.16. The maximum Gasteiger partial charge on any atom is 0.127 e. The molecule has 3 rings (SSSR count). The molecular formula is C15H17NO2. The molecule has 1 saturated heterocycles. The molecule has 1 aliphatic rings. The van der Waals surface area contributed by atoms with Crippen LogP contribution in [0, 0.1) is 0 Å². The van der Waals surface area contributed by atoms with Crippen molar-refractivity contribution in [3.63, 3.8) is 0 Å². The highest BCUT2D eigenvalue weighted by Crippen LogP contribution is 2.31. The Morgan fingerprint density at radius 3 is 2.72 bits per heavy atom. The van der Waals surface area contributed by atoms with Crippen LogP contribution in [0.15, 0.2) is 36.4 Å². The van der Waals surface area contributed by atoms with E-state index in [0.717, 1.165) is 41.7 Å². The number of rotatable bonds is 2. The molecule has 0 spiro atoms. The van der Waals surface area contributed by atoms with E-state index in [-0.39, 0.29) is 6.10 Å². The predicted octanol–water partition coefficient (Wildman–Crippen LogP) is 2.98. The summed E-state index contributed by atoms with van der Waals surface area (Å²) < 4.78 is 11.5. The lowest BCUT2D eigenvalue weighted by Gasteiger charge is -2.24. The van der Waals surface area contributed by atoms with Gasteiger partial charge in [-0.15, -0.1) is 0 Å². The minimum absolute atomic E-state index is 0.158. The zero-order chi connectivity index (χ0) is 12.4. The Hall–Kier alpha value is -1.74. The van der Waals surface area contributed by atoms with Crippen LogP contribution in [0.1, 0.15) is 12.8 Å². The Balaban J connectivity index is 1.94. The van der Waals surface area contributed by atoms with Crippen LogP contribution in [0.5, 0.6) is 5.75 Å². The van der Waals surface area contributed by atoms with E-state index in [2.05, 4.69) is 0 Å². The Bertz CT molecular complexity index is 547. The number of hydrogen-bond acceptors (Lipinski definition) is 3. The van der Waals surface area contributed by atoms with Crippen molar-refractivity contribution in [1.29, 1.82) is 0 Å². The van der Waals surface area contributed by atoms with E-state index in [9.17, 15) is 0 Å². The van der Waals surface area contributed by atoms with Crippen molar-refractivity contribution in [1.82, 2.24) is 0 Å². The van der Waals surface area contributed by atoms with Gasteiger partial charge < -0.3 is 15.2 Å². The van der Waals surface area contributed by atoms with Gasteiger partial charge in [-0.2, -0.15) is 0 Å². The number of benzene rings is 2. The fourth-order valence-electron chi connectivity index (χ4n) is 2.38. The second-order valence-electron chi connectivity index (χ2n) is 4.66. The molecule has 1 heterocycles. The SMILES string of the molecule is Nc1ccc(OC2CCCOC2)c2ccccc12. The largest absolute Gasteiger partial charge is 0.487 e. The number of nitrogens with two attached hydrogens (primary N) is 1. The van der Waals surface area contributed by atoms with Gasteiger partial charge in [0.25, 0.3) is 0 Å². The van der Waals surface area contributed by atoms with Crippen LogP contribution >= 0.6 is 0 Å². The smallest absolute Gasteiger partial charge is 0.127 e. The summed E-state index contributed by atoms with van der Waals surface area (Å²) in [5, 5.41) is 2.12. The first kappa shape index (κ1) is 11.4. The van der Waals surface area contributed by atoms with Crippen molar-refractivity contribution in [2.45, 2.75) is 18.9 Å². The highest BCUT2D eigenvalue weighted by atomic mass is 16.5. The van der Waals surface area contributed by atoms with E-state index in [4.69, 9.17) is 15.2 Å². The molecule has 2 aromatic rings. The molecule has 1 unspecified atom stereocenters. The minimum Gasteiger partial charge on any atom is -0.487 e. The number of hydrogen-bond donors (Lipinski definition) is 1. The van der Waals surface area contributed by atoms with Gasteiger partial charge in [-0.25, -0.2) is 0 Å². The molecule has 0 saturated carbocycles. The monoisotopic (exact) mass is 243 g/mol. The van der Waals surface area contributed by atoms with Crippen molar-refractivity contribution in [3.05, 3.63) is 36.4 Å². The molecule has 0 aliphatic carbocycles. The summed E-state index contributed by atoms with van der Waals surface area (Å²) in [5.74, 6) is 0.898. The summed E-state index contributed by atoms with van der Waals surface area (Å²) >= 11 is 0. The Kier molecular flexibility index (Phi) is 3.07. The summed E-state index contributed by atoms with van der Waals surface area (Å²) in [7, 11) is 0. The van der Waals surface area contributed by atoms with Crippen LogP contribution in [0.2, 0.25) is 0 Å². The van der Waals surface area contributed by atoms with Crippen molar-refractivity contribution in [2.75, 3.05) is 18.9 Å². The molecule has 3 nitrogen and oxygen atoms in total. The van der Waals surface area contributed by atoms with Gasteiger partial charge in [0.05, 0.1) is 6.61 Å². The molecule has 1 aliphatic heterocycles. The van der Waals surface area contributed by atoms with Gasteiger partial charge in [-0.1, -0.05) is 24.3 Å². The Labute approximate surface area is 106 Å². The molecule has 0 radical (unpaired) electrons. The van der Waals surface area contributed by atoms with Crippen molar-refractivity contribution in [2.24, 2.45) is 0 Å². The van der Waals surface area contributed by atoms with E-state index in [0.29, 0.717) is 6.61 Å². The average Bonchev–Trinajstić information content (AvgIpc) is 2.44. The Morgan fingerprint density at radius 1 is 1.11 bits per heavy atom. The summed E-state index contributed by atoms with van der Waals surface area (Å²) in [5.41, 5.74) is 6.77. The molecule has 2 N–H and O–H groups in total.